The van der Waals surface area contributed by atoms with E-state index in [1.165, 1.54) is 19.3 Å². The molecule has 0 saturated heterocycles. The number of nitrogens with zero attached hydrogens (tertiary/aromatic N) is 2. The largest absolute Gasteiger partial charge is 0.354 e. The molecule has 1 atom stereocenters. The van der Waals surface area contributed by atoms with E-state index in [0.717, 1.165) is 30.6 Å². The normalized spacial score (nSPS) is 30.0. The predicted octanol–water partition coefficient (Wildman–Crippen LogP) is 3.35. The number of amides is 2. The minimum atomic E-state index is -0.485. The standard InChI is InChI=1S/C25H34N4O2/c1-16(2)22(23(30)26-7-6-20-15-29-8-4-3-5-21(29)27-20)28-24(31)25-12-17-9-18(13-25)11-19(10-17)14-25/h3-5,8,15-19,22H,6-7,9-14H2,1-2H3,(H,26,30)(H,28,31). The first kappa shape index (κ1) is 20.5. The highest BCUT2D eigenvalue weighted by atomic mass is 16.2. The number of fused-ring (bicyclic) bond motifs is 1. The Kier molecular flexibility index (Phi) is 5.27. The molecule has 166 valence electrons. The van der Waals surface area contributed by atoms with Gasteiger partial charge in [-0.2, -0.15) is 0 Å². The molecule has 4 aliphatic rings. The molecular weight excluding hydrogens is 388 g/mol. The molecule has 0 aliphatic heterocycles. The van der Waals surface area contributed by atoms with Crippen molar-refractivity contribution in [3.05, 3.63) is 36.3 Å². The number of aromatic nitrogens is 2. The van der Waals surface area contributed by atoms with Crippen LogP contribution in [0.1, 0.15) is 58.1 Å². The topological polar surface area (TPSA) is 75.5 Å². The van der Waals surface area contributed by atoms with Gasteiger partial charge in [-0.25, -0.2) is 4.98 Å². The van der Waals surface area contributed by atoms with E-state index in [4.69, 9.17) is 0 Å². The predicted molar refractivity (Wildman–Crippen MR) is 119 cm³/mol. The quantitative estimate of drug-likeness (QED) is 0.719. The first-order valence-electron chi connectivity index (χ1n) is 11.9. The summed E-state index contributed by atoms with van der Waals surface area (Å²) in [5, 5.41) is 6.21. The molecule has 2 aromatic heterocycles. The fourth-order valence-corrected chi connectivity index (χ4v) is 6.75. The highest BCUT2D eigenvalue weighted by Crippen LogP contribution is 2.60. The van der Waals surface area contributed by atoms with E-state index in [-0.39, 0.29) is 23.1 Å². The van der Waals surface area contributed by atoms with E-state index in [1.54, 1.807) is 0 Å². The number of nitrogens with one attached hydrogen (secondary N) is 2. The van der Waals surface area contributed by atoms with Crippen molar-refractivity contribution in [1.29, 1.82) is 0 Å². The Morgan fingerprint density at radius 2 is 1.81 bits per heavy atom. The van der Waals surface area contributed by atoms with Crippen molar-refractivity contribution in [2.75, 3.05) is 6.54 Å². The maximum Gasteiger partial charge on any atom is 0.242 e. The smallest absolute Gasteiger partial charge is 0.242 e. The average Bonchev–Trinajstić information content (AvgIpc) is 3.13. The van der Waals surface area contributed by atoms with Crippen LogP contribution in [0, 0.1) is 29.1 Å². The van der Waals surface area contributed by atoms with Crippen LogP contribution in [-0.2, 0) is 16.0 Å². The Morgan fingerprint density at radius 3 is 2.42 bits per heavy atom. The third-order valence-electron chi connectivity index (χ3n) is 7.85. The van der Waals surface area contributed by atoms with Gasteiger partial charge in [-0.05, 0) is 74.3 Å². The summed E-state index contributed by atoms with van der Waals surface area (Å²) in [6.45, 7) is 4.53. The molecule has 6 heteroatoms. The third-order valence-corrected chi connectivity index (χ3v) is 7.85. The number of pyridine rings is 1. The van der Waals surface area contributed by atoms with Gasteiger partial charge in [0.05, 0.1) is 5.69 Å². The monoisotopic (exact) mass is 422 g/mol. The van der Waals surface area contributed by atoms with Crippen LogP contribution < -0.4 is 10.6 Å². The van der Waals surface area contributed by atoms with Gasteiger partial charge in [0, 0.05) is 30.8 Å². The molecule has 6 nitrogen and oxygen atoms in total. The number of carbonyl (C=O) groups is 2. The Hall–Kier alpha value is -2.37. The van der Waals surface area contributed by atoms with Crippen molar-refractivity contribution in [1.82, 2.24) is 20.0 Å². The molecule has 0 spiro atoms. The molecule has 0 aromatic carbocycles. The van der Waals surface area contributed by atoms with Crippen molar-refractivity contribution >= 4 is 17.5 Å². The van der Waals surface area contributed by atoms with Crippen LogP contribution in [0.3, 0.4) is 0 Å². The van der Waals surface area contributed by atoms with Gasteiger partial charge < -0.3 is 15.0 Å². The van der Waals surface area contributed by atoms with Crippen molar-refractivity contribution < 1.29 is 9.59 Å². The van der Waals surface area contributed by atoms with Crippen molar-refractivity contribution in [3.63, 3.8) is 0 Å². The zero-order valence-electron chi connectivity index (χ0n) is 18.6. The molecular formula is C25H34N4O2. The fraction of sp³-hybridized carbons (Fsp3) is 0.640. The summed E-state index contributed by atoms with van der Waals surface area (Å²) in [6.07, 6.45) is 11.6. The SMILES string of the molecule is CC(C)C(NC(=O)C12CC3CC(CC(C3)C1)C2)C(=O)NCCc1cn2ccccc2n1. The summed E-state index contributed by atoms with van der Waals surface area (Å²) < 4.78 is 1.99. The summed E-state index contributed by atoms with van der Waals surface area (Å²) in [5.41, 5.74) is 1.63. The van der Waals surface area contributed by atoms with Gasteiger partial charge in [0.1, 0.15) is 11.7 Å². The zero-order chi connectivity index (χ0) is 21.6. The number of carbonyl (C=O) groups excluding carboxylic acids is 2. The maximum absolute atomic E-state index is 13.4. The van der Waals surface area contributed by atoms with Crippen LogP contribution in [-0.4, -0.2) is 33.8 Å². The summed E-state index contributed by atoms with van der Waals surface area (Å²) in [5.74, 6) is 2.24. The maximum atomic E-state index is 13.4. The van der Waals surface area contributed by atoms with Crippen LogP contribution >= 0.6 is 0 Å². The number of imidazole rings is 1. The minimum absolute atomic E-state index is 0.0491. The van der Waals surface area contributed by atoms with Gasteiger partial charge in [0.25, 0.3) is 0 Å². The van der Waals surface area contributed by atoms with E-state index >= 15 is 0 Å². The van der Waals surface area contributed by atoms with Crippen molar-refractivity contribution in [2.45, 2.75) is 64.8 Å². The summed E-state index contributed by atoms with van der Waals surface area (Å²) in [6, 6.07) is 5.42. The minimum Gasteiger partial charge on any atom is -0.354 e. The van der Waals surface area contributed by atoms with Crippen LogP contribution in [0.15, 0.2) is 30.6 Å². The highest BCUT2D eigenvalue weighted by molar-refractivity contribution is 5.90. The lowest BCUT2D eigenvalue weighted by Crippen LogP contribution is -2.58. The molecule has 2 heterocycles. The molecule has 2 amide bonds. The molecule has 2 aromatic rings. The Bertz CT molecular complexity index is 911. The van der Waals surface area contributed by atoms with E-state index in [2.05, 4.69) is 15.6 Å². The first-order chi connectivity index (χ1) is 14.9. The Balaban J connectivity index is 1.19. The first-order valence-corrected chi connectivity index (χ1v) is 11.9. The van der Waals surface area contributed by atoms with Crippen LogP contribution in [0.2, 0.25) is 0 Å². The van der Waals surface area contributed by atoms with Gasteiger partial charge in [0.2, 0.25) is 11.8 Å². The van der Waals surface area contributed by atoms with E-state index in [0.29, 0.717) is 30.7 Å². The highest BCUT2D eigenvalue weighted by Gasteiger charge is 2.55. The molecule has 4 saturated carbocycles. The Morgan fingerprint density at radius 1 is 1.13 bits per heavy atom. The van der Waals surface area contributed by atoms with Crippen LogP contribution in [0.4, 0.5) is 0 Å². The fourth-order valence-electron chi connectivity index (χ4n) is 6.75. The molecule has 0 radical (unpaired) electrons. The van der Waals surface area contributed by atoms with Crippen LogP contribution in [0.25, 0.3) is 5.65 Å². The van der Waals surface area contributed by atoms with Gasteiger partial charge in [0.15, 0.2) is 0 Å². The number of hydrogen-bond acceptors (Lipinski definition) is 3. The molecule has 4 aliphatic carbocycles. The summed E-state index contributed by atoms with van der Waals surface area (Å²) in [7, 11) is 0. The lowest BCUT2D eigenvalue weighted by molar-refractivity contribution is -0.149. The molecule has 2 N–H and O–H groups in total. The van der Waals surface area contributed by atoms with Gasteiger partial charge in [-0.3, -0.25) is 9.59 Å². The second-order valence-corrected chi connectivity index (χ2v) is 10.6. The molecule has 31 heavy (non-hydrogen) atoms. The van der Waals surface area contributed by atoms with E-state index < -0.39 is 6.04 Å². The number of hydrogen-bond donors (Lipinski definition) is 2. The average molecular weight is 423 g/mol. The Labute approximate surface area is 184 Å². The van der Waals surface area contributed by atoms with Crippen LogP contribution in [0.5, 0.6) is 0 Å². The van der Waals surface area contributed by atoms with Crippen molar-refractivity contribution in [3.8, 4) is 0 Å². The third kappa shape index (κ3) is 3.97. The number of rotatable bonds is 7. The zero-order valence-corrected chi connectivity index (χ0v) is 18.6. The molecule has 1 unspecified atom stereocenters. The second-order valence-electron chi connectivity index (χ2n) is 10.6. The lowest BCUT2D eigenvalue weighted by Gasteiger charge is -2.55. The van der Waals surface area contributed by atoms with Gasteiger partial charge >= 0.3 is 0 Å². The van der Waals surface area contributed by atoms with E-state index in [1.807, 2.05) is 48.8 Å². The van der Waals surface area contributed by atoms with Crippen molar-refractivity contribution in [2.24, 2.45) is 29.1 Å². The molecule has 4 fully saturated rings. The van der Waals surface area contributed by atoms with Gasteiger partial charge in [-0.15, -0.1) is 0 Å². The molecule has 4 bridgehead atoms. The summed E-state index contributed by atoms with van der Waals surface area (Å²) in [4.78, 5) is 31.0. The summed E-state index contributed by atoms with van der Waals surface area (Å²) >= 11 is 0. The lowest BCUT2D eigenvalue weighted by atomic mass is 9.49. The second kappa shape index (κ2) is 7.95. The molecule has 6 rings (SSSR count). The van der Waals surface area contributed by atoms with Gasteiger partial charge in [-0.1, -0.05) is 19.9 Å². The van der Waals surface area contributed by atoms with E-state index in [9.17, 15) is 9.59 Å².